The first-order valence-corrected chi connectivity index (χ1v) is 6.69. The first-order valence-electron chi connectivity index (χ1n) is 6.69. The maximum absolute atomic E-state index is 11.6. The highest BCUT2D eigenvalue weighted by Crippen LogP contribution is 2.26. The van der Waals surface area contributed by atoms with E-state index < -0.39 is 0 Å². The highest BCUT2D eigenvalue weighted by atomic mass is 16.2. The number of amides is 1. The lowest BCUT2D eigenvalue weighted by Crippen LogP contribution is -2.48. The van der Waals surface area contributed by atoms with E-state index in [1.54, 1.807) is 0 Å². The van der Waals surface area contributed by atoms with Crippen LogP contribution in [0.3, 0.4) is 0 Å². The predicted molar refractivity (Wildman–Crippen MR) is 67.3 cm³/mol. The molecule has 2 atom stereocenters. The van der Waals surface area contributed by atoms with Gasteiger partial charge < -0.3 is 10.6 Å². The quantitative estimate of drug-likeness (QED) is 0.753. The van der Waals surface area contributed by atoms with Crippen LogP contribution >= 0.6 is 0 Å². The van der Waals surface area contributed by atoms with Crippen molar-refractivity contribution in [2.75, 3.05) is 6.54 Å². The van der Waals surface area contributed by atoms with Gasteiger partial charge in [0.05, 0.1) is 6.04 Å². The van der Waals surface area contributed by atoms with Crippen molar-refractivity contribution in [1.29, 1.82) is 0 Å². The summed E-state index contributed by atoms with van der Waals surface area (Å²) in [5.41, 5.74) is 0. The minimum Gasteiger partial charge on any atom is -0.355 e. The zero-order valence-corrected chi connectivity index (χ0v) is 10.9. The number of likely N-dealkylation sites (N-methyl/N-ethyl adjacent to an activating group) is 1. The van der Waals surface area contributed by atoms with Gasteiger partial charge in [0.15, 0.2) is 0 Å². The average Bonchev–Trinajstić information content (AvgIpc) is 2.30. The van der Waals surface area contributed by atoms with Crippen molar-refractivity contribution in [3.63, 3.8) is 0 Å². The molecule has 3 heteroatoms. The summed E-state index contributed by atoms with van der Waals surface area (Å²) in [6.07, 6.45) is 6.72. The normalized spacial score (nSPS) is 21.4. The second-order valence-electron chi connectivity index (χ2n) is 4.97. The minimum atomic E-state index is -0.0723. The molecule has 94 valence electrons. The fourth-order valence-electron chi connectivity index (χ4n) is 2.57. The Hall–Kier alpha value is -0.570. The SMILES string of the molecule is CCNC(=O)C(C)N[C@@H](C)C1CCCCC1. The Morgan fingerprint density at radius 1 is 1.25 bits per heavy atom. The molecular weight excluding hydrogens is 200 g/mol. The van der Waals surface area contributed by atoms with Crippen LogP contribution in [0.5, 0.6) is 0 Å². The van der Waals surface area contributed by atoms with Crippen molar-refractivity contribution in [1.82, 2.24) is 10.6 Å². The Morgan fingerprint density at radius 2 is 1.88 bits per heavy atom. The Morgan fingerprint density at radius 3 is 2.44 bits per heavy atom. The van der Waals surface area contributed by atoms with Gasteiger partial charge in [0.25, 0.3) is 0 Å². The molecule has 1 saturated carbocycles. The topological polar surface area (TPSA) is 41.1 Å². The summed E-state index contributed by atoms with van der Waals surface area (Å²) in [5.74, 6) is 0.871. The van der Waals surface area contributed by atoms with Gasteiger partial charge in [-0.15, -0.1) is 0 Å². The molecule has 0 aromatic heterocycles. The fourth-order valence-corrected chi connectivity index (χ4v) is 2.57. The van der Waals surface area contributed by atoms with Crippen LogP contribution in [0.15, 0.2) is 0 Å². The summed E-state index contributed by atoms with van der Waals surface area (Å²) < 4.78 is 0. The van der Waals surface area contributed by atoms with Crippen LogP contribution in [-0.4, -0.2) is 24.5 Å². The van der Waals surface area contributed by atoms with Gasteiger partial charge in [0.1, 0.15) is 0 Å². The van der Waals surface area contributed by atoms with E-state index in [-0.39, 0.29) is 11.9 Å². The smallest absolute Gasteiger partial charge is 0.236 e. The lowest BCUT2D eigenvalue weighted by molar-refractivity contribution is -0.122. The second-order valence-corrected chi connectivity index (χ2v) is 4.97. The van der Waals surface area contributed by atoms with Gasteiger partial charge in [-0.25, -0.2) is 0 Å². The van der Waals surface area contributed by atoms with Crippen LogP contribution in [-0.2, 0) is 4.79 Å². The Labute approximate surface area is 99.4 Å². The average molecular weight is 226 g/mol. The van der Waals surface area contributed by atoms with Gasteiger partial charge in [-0.2, -0.15) is 0 Å². The van der Waals surface area contributed by atoms with Crippen LogP contribution in [0, 0.1) is 5.92 Å². The van der Waals surface area contributed by atoms with Crippen LogP contribution in [0.2, 0.25) is 0 Å². The molecule has 0 aliphatic heterocycles. The van der Waals surface area contributed by atoms with Crippen LogP contribution in [0.25, 0.3) is 0 Å². The lowest BCUT2D eigenvalue weighted by atomic mass is 9.84. The van der Waals surface area contributed by atoms with Gasteiger partial charge in [0, 0.05) is 12.6 Å². The molecule has 1 aliphatic carbocycles. The molecule has 0 bridgehead atoms. The molecule has 1 aliphatic rings. The van der Waals surface area contributed by atoms with E-state index in [9.17, 15) is 4.79 Å². The zero-order chi connectivity index (χ0) is 12.0. The molecule has 0 spiro atoms. The summed E-state index contributed by atoms with van der Waals surface area (Å²) in [5, 5.41) is 6.27. The highest BCUT2D eigenvalue weighted by Gasteiger charge is 2.22. The molecule has 0 saturated heterocycles. The van der Waals surface area contributed by atoms with Crippen molar-refractivity contribution in [3.05, 3.63) is 0 Å². The third-order valence-electron chi connectivity index (χ3n) is 3.61. The molecule has 2 N–H and O–H groups in total. The fraction of sp³-hybridized carbons (Fsp3) is 0.923. The van der Waals surface area contributed by atoms with E-state index in [1.165, 1.54) is 32.1 Å². The van der Waals surface area contributed by atoms with Crippen molar-refractivity contribution in [2.24, 2.45) is 5.92 Å². The van der Waals surface area contributed by atoms with Gasteiger partial charge in [-0.05, 0) is 39.5 Å². The standard InChI is InChI=1S/C13H26N2O/c1-4-14-13(16)11(3)15-10(2)12-8-6-5-7-9-12/h10-12,15H,4-9H2,1-3H3,(H,14,16)/t10-,11?/m0/s1. The number of hydrogen-bond acceptors (Lipinski definition) is 2. The summed E-state index contributed by atoms with van der Waals surface area (Å²) in [6, 6.07) is 0.384. The Balaban J connectivity index is 2.31. The van der Waals surface area contributed by atoms with E-state index in [1.807, 2.05) is 13.8 Å². The van der Waals surface area contributed by atoms with Gasteiger partial charge in [-0.3, -0.25) is 4.79 Å². The minimum absolute atomic E-state index is 0.0723. The van der Waals surface area contributed by atoms with Gasteiger partial charge in [0.2, 0.25) is 5.91 Å². The largest absolute Gasteiger partial charge is 0.355 e. The van der Waals surface area contributed by atoms with Crippen molar-refractivity contribution < 1.29 is 4.79 Å². The molecule has 0 radical (unpaired) electrons. The second kappa shape index (κ2) is 6.89. The first kappa shape index (κ1) is 13.5. The van der Waals surface area contributed by atoms with E-state index in [2.05, 4.69) is 17.6 Å². The molecular formula is C13H26N2O. The monoisotopic (exact) mass is 226 g/mol. The third kappa shape index (κ3) is 4.12. The number of nitrogens with one attached hydrogen (secondary N) is 2. The molecule has 3 nitrogen and oxygen atoms in total. The first-order chi connectivity index (χ1) is 7.65. The van der Waals surface area contributed by atoms with Crippen LogP contribution in [0.4, 0.5) is 0 Å². The van der Waals surface area contributed by atoms with Crippen molar-refractivity contribution in [2.45, 2.75) is 65.0 Å². The summed E-state index contributed by atoms with van der Waals surface area (Å²) in [6.45, 7) is 6.83. The molecule has 0 heterocycles. The van der Waals surface area contributed by atoms with Gasteiger partial charge >= 0.3 is 0 Å². The molecule has 1 amide bonds. The van der Waals surface area contributed by atoms with E-state index in [0.29, 0.717) is 12.6 Å². The summed E-state index contributed by atoms with van der Waals surface area (Å²) in [4.78, 5) is 11.6. The summed E-state index contributed by atoms with van der Waals surface area (Å²) in [7, 11) is 0. The van der Waals surface area contributed by atoms with E-state index in [4.69, 9.17) is 0 Å². The third-order valence-corrected chi connectivity index (χ3v) is 3.61. The highest BCUT2D eigenvalue weighted by molar-refractivity contribution is 5.81. The Kier molecular flexibility index (Phi) is 5.81. The zero-order valence-electron chi connectivity index (χ0n) is 10.9. The number of hydrogen-bond donors (Lipinski definition) is 2. The molecule has 1 unspecified atom stereocenters. The molecule has 0 aromatic rings. The van der Waals surface area contributed by atoms with Crippen LogP contribution < -0.4 is 10.6 Å². The van der Waals surface area contributed by atoms with E-state index >= 15 is 0 Å². The van der Waals surface area contributed by atoms with E-state index in [0.717, 1.165) is 5.92 Å². The predicted octanol–water partition coefficient (Wildman–Crippen LogP) is 2.07. The Bertz CT molecular complexity index is 212. The van der Waals surface area contributed by atoms with Crippen LogP contribution in [0.1, 0.15) is 52.9 Å². The molecule has 0 aromatic carbocycles. The maximum atomic E-state index is 11.6. The lowest BCUT2D eigenvalue weighted by Gasteiger charge is -2.30. The molecule has 1 rings (SSSR count). The maximum Gasteiger partial charge on any atom is 0.236 e. The number of rotatable bonds is 5. The number of carbonyl (C=O) groups excluding carboxylic acids is 1. The van der Waals surface area contributed by atoms with Crippen molar-refractivity contribution in [3.8, 4) is 0 Å². The molecule has 16 heavy (non-hydrogen) atoms. The molecule has 1 fully saturated rings. The number of carbonyl (C=O) groups is 1. The van der Waals surface area contributed by atoms with Gasteiger partial charge in [-0.1, -0.05) is 19.3 Å². The summed E-state index contributed by atoms with van der Waals surface area (Å²) >= 11 is 0. The van der Waals surface area contributed by atoms with Crippen molar-refractivity contribution >= 4 is 5.91 Å².